The van der Waals surface area contributed by atoms with Crippen LogP contribution in [-0.2, 0) is 9.53 Å². The molecule has 1 aromatic carbocycles. The van der Waals surface area contributed by atoms with Gasteiger partial charge in [0.05, 0.1) is 7.11 Å². The summed E-state index contributed by atoms with van der Waals surface area (Å²) in [6.45, 7) is 1.70. The Morgan fingerprint density at radius 1 is 1.41 bits per heavy atom. The molecule has 0 amide bonds. The standard InChI is InChI=1S/C12H14O5/c1-7-5-8(3-4-9(7)6-13)10(14)11(15)12(16)17-2/h3-6,10-11,14-15H,1-2H3. The van der Waals surface area contributed by atoms with Crippen LogP contribution >= 0.6 is 0 Å². The van der Waals surface area contributed by atoms with Crippen LogP contribution in [0.1, 0.15) is 27.6 Å². The summed E-state index contributed by atoms with van der Waals surface area (Å²) in [7, 11) is 1.12. The van der Waals surface area contributed by atoms with E-state index in [0.717, 1.165) is 7.11 Å². The molecule has 0 heterocycles. The zero-order valence-electron chi connectivity index (χ0n) is 9.58. The third-order valence-electron chi connectivity index (χ3n) is 2.50. The van der Waals surface area contributed by atoms with Crippen LogP contribution in [-0.4, -0.2) is 35.7 Å². The second kappa shape index (κ2) is 5.56. The van der Waals surface area contributed by atoms with E-state index in [1.807, 2.05) is 0 Å². The molecule has 1 aromatic rings. The van der Waals surface area contributed by atoms with Crippen molar-refractivity contribution in [2.75, 3.05) is 7.11 Å². The normalized spacial score (nSPS) is 13.9. The average Bonchev–Trinajstić information content (AvgIpc) is 2.35. The van der Waals surface area contributed by atoms with Crippen LogP contribution in [0.15, 0.2) is 18.2 Å². The Balaban J connectivity index is 2.96. The lowest BCUT2D eigenvalue weighted by Gasteiger charge is -2.16. The topological polar surface area (TPSA) is 83.8 Å². The number of esters is 1. The third kappa shape index (κ3) is 2.89. The lowest BCUT2D eigenvalue weighted by Crippen LogP contribution is -2.29. The molecule has 2 atom stereocenters. The van der Waals surface area contributed by atoms with Crippen molar-refractivity contribution < 1.29 is 24.5 Å². The van der Waals surface area contributed by atoms with Crippen LogP contribution in [0.2, 0.25) is 0 Å². The van der Waals surface area contributed by atoms with Gasteiger partial charge < -0.3 is 14.9 Å². The summed E-state index contributed by atoms with van der Waals surface area (Å²) in [5.74, 6) is -0.908. The molecule has 0 fully saturated rings. The van der Waals surface area contributed by atoms with E-state index in [1.165, 1.54) is 12.1 Å². The number of carbonyl (C=O) groups is 2. The van der Waals surface area contributed by atoms with Gasteiger partial charge in [-0.05, 0) is 18.1 Å². The van der Waals surface area contributed by atoms with E-state index in [-0.39, 0.29) is 0 Å². The number of carbonyl (C=O) groups excluding carboxylic acids is 2. The Labute approximate surface area is 98.6 Å². The Bertz CT molecular complexity index is 427. The van der Waals surface area contributed by atoms with Gasteiger partial charge in [0, 0.05) is 5.56 Å². The van der Waals surface area contributed by atoms with Crippen LogP contribution in [0.4, 0.5) is 0 Å². The maximum absolute atomic E-state index is 11.0. The van der Waals surface area contributed by atoms with Crippen molar-refractivity contribution in [2.24, 2.45) is 0 Å². The summed E-state index contributed by atoms with van der Waals surface area (Å²) in [6, 6.07) is 4.54. The highest BCUT2D eigenvalue weighted by Gasteiger charge is 2.26. The zero-order chi connectivity index (χ0) is 13.0. The molecule has 17 heavy (non-hydrogen) atoms. The monoisotopic (exact) mass is 238 g/mol. The maximum Gasteiger partial charge on any atom is 0.337 e. The molecule has 5 nitrogen and oxygen atoms in total. The average molecular weight is 238 g/mol. The van der Waals surface area contributed by atoms with Gasteiger partial charge in [0.25, 0.3) is 0 Å². The molecule has 0 saturated carbocycles. The Kier molecular flexibility index (Phi) is 4.37. The van der Waals surface area contributed by atoms with Crippen molar-refractivity contribution in [2.45, 2.75) is 19.1 Å². The van der Waals surface area contributed by atoms with Crippen molar-refractivity contribution in [3.63, 3.8) is 0 Å². The second-order valence-electron chi connectivity index (χ2n) is 3.65. The molecule has 5 heteroatoms. The number of aliphatic hydroxyl groups excluding tert-OH is 2. The van der Waals surface area contributed by atoms with Gasteiger partial charge in [-0.25, -0.2) is 4.79 Å². The predicted octanol–water partition coefficient (Wildman–Crippen LogP) is 0.375. The van der Waals surface area contributed by atoms with Gasteiger partial charge >= 0.3 is 5.97 Å². The van der Waals surface area contributed by atoms with Crippen molar-refractivity contribution >= 4 is 12.3 Å². The van der Waals surface area contributed by atoms with E-state index in [1.54, 1.807) is 13.0 Å². The van der Waals surface area contributed by atoms with Crippen molar-refractivity contribution in [3.05, 3.63) is 34.9 Å². The minimum Gasteiger partial charge on any atom is -0.467 e. The largest absolute Gasteiger partial charge is 0.467 e. The lowest BCUT2D eigenvalue weighted by atomic mass is 9.99. The quantitative estimate of drug-likeness (QED) is 0.585. The Morgan fingerprint density at radius 2 is 2.06 bits per heavy atom. The summed E-state index contributed by atoms with van der Waals surface area (Å²) >= 11 is 0. The molecule has 0 aliphatic rings. The first-order chi connectivity index (χ1) is 8.01. The maximum atomic E-state index is 11.0. The van der Waals surface area contributed by atoms with Gasteiger partial charge in [0.2, 0.25) is 0 Å². The summed E-state index contributed by atoms with van der Waals surface area (Å²) < 4.78 is 4.32. The number of aliphatic hydroxyl groups is 2. The molecule has 2 unspecified atom stereocenters. The van der Waals surface area contributed by atoms with Gasteiger partial charge in [-0.1, -0.05) is 18.2 Å². The molecular weight excluding hydrogens is 224 g/mol. The predicted molar refractivity (Wildman–Crippen MR) is 59.5 cm³/mol. The fourth-order valence-electron chi connectivity index (χ4n) is 1.45. The van der Waals surface area contributed by atoms with Gasteiger partial charge in [0.15, 0.2) is 6.10 Å². The number of aldehydes is 1. The summed E-state index contributed by atoms with van der Waals surface area (Å²) in [5, 5.41) is 19.2. The first-order valence-corrected chi connectivity index (χ1v) is 5.01. The summed E-state index contributed by atoms with van der Waals surface area (Å²) in [4.78, 5) is 21.7. The summed E-state index contributed by atoms with van der Waals surface area (Å²) in [6.07, 6.45) is -2.31. The highest BCUT2D eigenvalue weighted by atomic mass is 16.5. The number of hydrogen-bond donors (Lipinski definition) is 2. The van der Waals surface area contributed by atoms with Gasteiger partial charge in [0.1, 0.15) is 12.4 Å². The van der Waals surface area contributed by atoms with E-state index in [4.69, 9.17) is 0 Å². The van der Waals surface area contributed by atoms with Crippen LogP contribution < -0.4 is 0 Å². The van der Waals surface area contributed by atoms with E-state index in [2.05, 4.69) is 4.74 Å². The number of ether oxygens (including phenoxy) is 1. The van der Waals surface area contributed by atoms with Crippen LogP contribution in [0.25, 0.3) is 0 Å². The van der Waals surface area contributed by atoms with Crippen LogP contribution in [0, 0.1) is 6.92 Å². The number of methoxy groups -OCH3 is 1. The molecular formula is C12H14O5. The minimum absolute atomic E-state index is 0.353. The highest BCUT2D eigenvalue weighted by Crippen LogP contribution is 2.20. The molecule has 0 saturated heterocycles. The van der Waals surface area contributed by atoms with E-state index in [9.17, 15) is 19.8 Å². The van der Waals surface area contributed by atoms with Crippen LogP contribution in [0.5, 0.6) is 0 Å². The van der Waals surface area contributed by atoms with Gasteiger partial charge in [-0.2, -0.15) is 0 Å². The van der Waals surface area contributed by atoms with Crippen molar-refractivity contribution in [3.8, 4) is 0 Å². The highest BCUT2D eigenvalue weighted by molar-refractivity contribution is 5.78. The molecule has 0 aliphatic heterocycles. The second-order valence-corrected chi connectivity index (χ2v) is 3.65. The smallest absolute Gasteiger partial charge is 0.337 e. The SMILES string of the molecule is COC(=O)C(O)C(O)c1ccc(C=O)c(C)c1. The number of aryl methyl sites for hydroxylation is 1. The fraction of sp³-hybridized carbons (Fsp3) is 0.333. The first-order valence-electron chi connectivity index (χ1n) is 5.01. The summed E-state index contributed by atoms with van der Waals surface area (Å²) in [5.41, 5.74) is 1.51. The number of benzene rings is 1. The minimum atomic E-state index is -1.64. The van der Waals surface area contributed by atoms with Gasteiger partial charge in [-0.15, -0.1) is 0 Å². The lowest BCUT2D eigenvalue weighted by molar-refractivity contribution is -0.156. The molecule has 92 valence electrons. The van der Waals surface area contributed by atoms with E-state index in [0.29, 0.717) is 23.0 Å². The van der Waals surface area contributed by atoms with E-state index >= 15 is 0 Å². The fourth-order valence-corrected chi connectivity index (χ4v) is 1.45. The number of hydrogen-bond acceptors (Lipinski definition) is 5. The molecule has 0 radical (unpaired) electrons. The van der Waals surface area contributed by atoms with Crippen molar-refractivity contribution in [1.82, 2.24) is 0 Å². The molecule has 0 bridgehead atoms. The first kappa shape index (κ1) is 13.3. The molecule has 1 rings (SSSR count). The Hall–Kier alpha value is -1.72. The molecule has 0 aromatic heterocycles. The molecule has 2 N–H and O–H groups in total. The van der Waals surface area contributed by atoms with Gasteiger partial charge in [-0.3, -0.25) is 4.79 Å². The molecule has 0 aliphatic carbocycles. The molecule has 0 spiro atoms. The van der Waals surface area contributed by atoms with Crippen molar-refractivity contribution in [1.29, 1.82) is 0 Å². The third-order valence-corrected chi connectivity index (χ3v) is 2.50. The Morgan fingerprint density at radius 3 is 2.53 bits per heavy atom. The number of rotatable bonds is 4. The zero-order valence-corrected chi connectivity index (χ0v) is 9.58. The van der Waals surface area contributed by atoms with Crippen LogP contribution in [0.3, 0.4) is 0 Å². The van der Waals surface area contributed by atoms with E-state index < -0.39 is 18.2 Å².